The molecule has 13 heavy (non-hydrogen) atoms. The molecule has 0 spiro atoms. The average molecular weight is 240 g/mol. The topological polar surface area (TPSA) is 43.4 Å². The highest BCUT2D eigenvalue weighted by atomic mass is 35.5. The monoisotopic (exact) mass is 239 g/mol. The fourth-order valence-corrected chi connectivity index (χ4v) is 1.49. The molecule has 0 N–H and O–H groups in total. The van der Waals surface area contributed by atoms with Gasteiger partial charge in [0.05, 0.1) is 11.3 Å². The summed E-state index contributed by atoms with van der Waals surface area (Å²) in [6, 6.07) is 5.38. The van der Waals surface area contributed by atoms with Gasteiger partial charge in [-0.2, -0.15) is 8.42 Å². The first kappa shape index (κ1) is 10.6. The van der Waals surface area contributed by atoms with Crippen molar-refractivity contribution in [3.05, 3.63) is 28.2 Å². The van der Waals surface area contributed by atoms with Crippen molar-refractivity contribution in [2.24, 2.45) is 0 Å². The minimum atomic E-state index is -3.57. The van der Waals surface area contributed by atoms with Crippen molar-refractivity contribution in [2.45, 2.75) is 0 Å². The van der Waals surface area contributed by atoms with E-state index in [4.69, 9.17) is 23.2 Å². The van der Waals surface area contributed by atoms with Crippen LogP contribution in [-0.4, -0.2) is 14.7 Å². The third-order valence-corrected chi connectivity index (χ3v) is 2.35. The van der Waals surface area contributed by atoms with Crippen molar-refractivity contribution in [1.29, 1.82) is 0 Å². The van der Waals surface area contributed by atoms with Crippen LogP contribution in [0.2, 0.25) is 10.0 Å². The van der Waals surface area contributed by atoms with E-state index in [0.29, 0.717) is 0 Å². The minimum absolute atomic E-state index is 0.00733. The van der Waals surface area contributed by atoms with Crippen molar-refractivity contribution >= 4 is 33.3 Å². The Bertz CT molecular complexity index is 414. The molecule has 0 amide bonds. The molecule has 6 heteroatoms. The third-order valence-electron chi connectivity index (χ3n) is 1.09. The maximum atomic E-state index is 10.7. The molecule has 0 atom stereocenters. The van der Waals surface area contributed by atoms with Gasteiger partial charge in [-0.25, -0.2) is 0 Å². The Labute approximate surface area is 86.4 Å². The van der Waals surface area contributed by atoms with Gasteiger partial charge < -0.3 is 4.18 Å². The zero-order valence-corrected chi connectivity index (χ0v) is 8.87. The molecule has 0 unspecified atom stereocenters. The zero-order valence-electron chi connectivity index (χ0n) is 6.54. The molecule has 0 saturated heterocycles. The highest BCUT2D eigenvalue weighted by Gasteiger charge is 2.10. The summed E-state index contributed by atoms with van der Waals surface area (Å²) in [6.45, 7) is 0. The molecule has 1 radical (unpaired) electrons. The molecule has 0 saturated carbocycles. The van der Waals surface area contributed by atoms with Gasteiger partial charge in [-0.15, -0.1) is 0 Å². The van der Waals surface area contributed by atoms with Crippen LogP contribution in [0, 0.1) is 6.07 Å². The van der Waals surface area contributed by atoms with Crippen LogP contribution >= 0.6 is 23.2 Å². The fraction of sp³-hybridized carbons (Fsp3) is 0.143. The summed E-state index contributed by atoms with van der Waals surface area (Å²) in [5.41, 5.74) is 0. The van der Waals surface area contributed by atoms with Crippen LogP contribution in [0.4, 0.5) is 0 Å². The van der Waals surface area contributed by atoms with E-state index in [1.165, 1.54) is 12.1 Å². The van der Waals surface area contributed by atoms with Gasteiger partial charge in [-0.1, -0.05) is 23.2 Å². The fourth-order valence-electron chi connectivity index (χ4n) is 0.663. The molecule has 0 aliphatic heterocycles. The minimum Gasteiger partial charge on any atom is -0.381 e. The lowest BCUT2D eigenvalue weighted by molar-refractivity contribution is 0.493. The molecular weight excluding hydrogens is 235 g/mol. The summed E-state index contributed by atoms with van der Waals surface area (Å²) in [6.07, 6.45) is 0.925. The average Bonchev–Trinajstić information content (AvgIpc) is 1.96. The normalized spacial score (nSPS) is 11.3. The van der Waals surface area contributed by atoms with E-state index in [2.05, 4.69) is 10.2 Å². The van der Waals surface area contributed by atoms with Crippen molar-refractivity contribution in [3.63, 3.8) is 0 Å². The number of hydrogen-bond donors (Lipinski definition) is 0. The molecule has 0 aliphatic carbocycles. The van der Waals surface area contributed by atoms with Gasteiger partial charge in [0.1, 0.15) is 5.02 Å². The van der Waals surface area contributed by atoms with Crippen molar-refractivity contribution in [2.75, 3.05) is 6.26 Å². The molecule has 0 aromatic heterocycles. The Morgan fingerprint density at radius 2 is 2.08 bits per heavy atom. The third kappa shape index (κ3) is 3.06. The van der Waals surface area contributed by atoms with Gasteiger partial charge in [0, 0.05) is 6.07 Å². The molecule has 1 aromatic rings. The van der Waals surface area contributed by atoms with Crippen molar-refractivity contribution < 1.29 is 12.6 Å². The number of benzene rings is 1. The van der Waals surface area contributed by atoms with Crippen LogP contribution < -0.4 is 4.18 Å². The van der Waals surface area contributed by atoms with Gasteiger partial charge in [0.15, 0.2) is 5.75 Å². The Morgan fingerprint density at radius 3 is 2.62 bits per heavy atom. The van der Waals surface area contributed by atoms with E-state index >= 15 is 0 Å². The molecule has 0 fully saturated rings. The molecule has 1 rings (SSSR count). The van der Waals surface area contributed by atoms with E-state index in [9.17, 15) is 8.42 Å². The summed E-state index contributed by atoms with van der Waals surface area (Å²) in [4.78, 5) is 0. The van der Waals surface area contributed by atoms with Crippen molar-refractivity contribution in [3.8, 4) is 5.75 Å². The van der Waals surface area contributed by atoms with Crippen LogP contribution in [0.3, 0.4) is 0 Å². The lowest BCUT2D eigenvalue weighted by atomic mass is 10.3. The standard InChI is InChI=1S/C7H5Cl2O3S/c1-13(10,11)12-6-4-2-3-5(8)7(6)9/h2,4H,1H3. The summed E-state index contributed by atoms with van der Waals surface area (Å²) in [5.74, 6) is 0.00733. The van der Waals surface area contributed by atoms with Gasteiger partial charge in [-0.3, -0.25) is 0 Å². The molecule has 71 valence electrons. The maximum absolute atomic E-state index is 10.7. The largest absolute Gasteiger partial charge is 0.381 e. The maximum Gasteiger partial charge on any atom is 0.306 e. The smallest absolute Gasteiger partial charge is 0.306 e. The first-order valence-electron chi connectivity index (χ1n) is 3.15. The second-order valence-electron chi connectivity index (χ2n) is 2.26. The Kier molecular flexibility index (Phi) is 3.05. The lowest BCUT2D eigenvalue weighted by Crippen LogP contribution is -2.06. The first-order valence-corrected chi connectivity index (χ1v) is 5.72. The Hall–Kier alpha value is -0.450. The van der Waals surface area contributed by atoms with Gasteiger partial charge in [-0.05, 0) is 12.1 Å². The molecule has 0 heterocycles. The van der Waals surface area contributed by atoms with Crippen LogP contribution in [0.25, 0.3) is 0 Å². The van der Waals surface area contributed by atoms with Crippen LogP contribution in [0.15, 0.2) is 12.1 Å². The molecule has 3 nitrogen and oxygen atoms in total. The van der Waals surface area contributed by atoms with E-state index in [0.717, 1.165) is 6.26 Å². The van der Waals surface area contributed by atoms with E-state index in [1.54, 1.807) is 0 Å². The zero-order chi connectivity index (χ0) is 10.1. The second-order valence-corrected chi connectivity index (χ2v) is 4.59. The molecule has 1 aromatic carbocycles. The SMILES string of the molecule is CS(=O)(=O)Oc1cc[c]c(Cl)c1Cl. The van der Waals surface area contributed by atoms with Gasteiger partial charge >= 0.3 is 10.1 Å². The second kappa shape index (κ2) is 3.74. The summed E-state index contributed by atoms with van der Waals surface area (Å²) in [7, 11) is -3.57. The predicted octanol–water partition coefficient (Wildman–Crippen LogP) is 2.13. The quantitative estimate of drug-likeness (QED) is 0.743. The van der Waals surface area contributed by atoms with Gasteiger partial charge in [0.25, 0.3) is 0 Å². The van der Waals surface area contributed by atoms with E-state index in [-0.39, 0.29) is 15.8 Å². The highest BCUT2D eigenvalue weighted by Crippen LogP contribution is 2.31. The molecular formula is C7H5Cl2O3S. The van der Waals surface area contributed by atoms with Crippen LogP contribution in [-0.2, 0) is 10.1 Å². The summed E-state index contributed by atoms with van der Waals surface area (Å²) < 4.78 is 26.0. The summed E-state index contributed by atoms with van der Waals surface area (Å²) in [5, 5.41) is 0.164. The molecule has 0 bridgehead atoms. The Morgan fingerprint density at radius 1 is 1.46 bits per heavy atom. The highest BCUT2D eigenvalue weighted by molar-refractivity contribution is 7.86. The predicted molar refractivity (Wildman–Crippen MR) is 50.8 cm³/mol. The summed E-state index contributed by atoms with van der Waals surface area (Å²) >= 11 is 11.2. The number of halogens is 2. The van der Waals surface area contributed by atoms with Crippen LogP contribution in [0.1, 0.15) is 0 Å². The number of hydrogen-bond acceptors (Lipinski definition) is 3. The first-order chi connectivity index (χ1) is 5.90. The van der Waals surface area contributed by atoms with E-state index < -0.39 is 10.1 Å². The molecule has 0 aliphatic rings. The van der Waals surface area contributed by atoms with E-state index in [1.807, 2.05) is 0 Å². The van der Waals surface area contributed by atoms with Crippen molar-refractivity contribution in [1.82, 2.24) is 0 Å². The Balaban J connectivity index is 3.10. The lowest BCUT2D eigenvalue weighted by Gasteiger charge is -2.04. The number of rotatable bonds is 2. The van der Waals surface area contributed by atoms with Crippen LogP contribution in [0.5, 0.6) is 5.75 Å². The van der Waals surface area contributed by atoms with Gasteiger partial charge in [0.2, 0.25) is 0 Å².